The molecule has 4 heterocycles. The predicted molar refractivity (Wildman–Crippen MR) is 144 cm³/mol. The van der Waals surface area contributed by atoms with Crippen LogP contribution in [0.25, 0.3) is 10.1 Å². The van der Waals surface area contributed by atoms with E-state index in [1.165, 1.54) is 21.2 Å². The van der Waals surface area contributed by atoms with Gasteiger partial charge in [0.1, 0.15) is 0 Å². The Labute approximate surface area is 210 Å². The average Bonchev–Trinajstić information content (AvgIpc) is 3.48. The molecule has 1 saturated heterocycles. The van der Waals surface area contributed by atoms with Gasteiger partial charge in [-0.15, -0.1) is 11.3 Å². The maximum absolute atomic E-state index is 13.3. The number of pyridine rings is 1. The van der Waals surface area contributed by atoms with E-state index in [1.54, 1.807) is 0 Å². The van der Waals surface area contributed by atoms with Gasteiger partial charge < -0.3 is 0 Å². The van der Waals surface area contributed by atoms with E-state index in [-0.39, 0.29) is 5.78 Å². The van der Waals surface area contributed by atoms with Gasteiger partial charge in [-0.2, -0.15) is 0 Å². The molecule has 0 bridgehead atoms. The number of hydrogen-bond donors (Lipinski definition) is 0. The Morgan fingerprint density at radius 3 is 2.97 bits per heavy atom. The minimum Gasteiger partial charge on any atom is -0.299 e. The molecule has 6 rings (SSSR count). The molecule has 2 aliphatic rings. The van der Waals surface area contributed by atoms with Crippen molar-refractivity contribution in [3.05, 3.63) is 99.7 Å². The SMILES string of the molecule is Cc1cc(C2=NCc3ccc(C(=O)C[C@@H]4CCCN(Cc5csc6ccccc56)C4)cc32)ccn1. The Hall–Kier alpha value is -3.15. The number of aromatic nitrogens is 1. The highest BCUT2D eigenvalue weighted by Crippen LogP contribution is 2.30. The molecule has 4 aromatic rings. The number of hydrogen-bond acceptors (Lipinski definition) is 5. The molecule has 0 radical (unpaired) electrons. The number of fused-ring (bicyclic) bond motifs is 2. The summed E-state index contributed by atoms with van der Waals surface area (Å²) in [6, 6.07) is 18.9. The molecule has 4 nitrogen and oxygen atoms in total. The predicted octanol–water partition coefficient (Wildman–Crippen LogP) is 6.44. The Balaban J connectivity index is 1.14. The second kappa shape index (κ2) is 9.48. The third-order valence-electron chi connectivity index (χ3n) is 7.30. The van der Waals surface area contributed by atoms with Gasteiger partial charge in [-0.05, 0) is 78.4 Å². The minimum absolute atomic E-state index is 0.248. The standard InChI is InChI=1S/C30H29N3OS/c1-20-13-23(10-11-31-20)30-27-15-22(8-9-24(27)16-32-30)28(34)14-21-5-4-12-33(17-21)18-25-19-35-29-7-3-2-6-26(25)29/h2-3,6-11,13,15,19,21H,4-5,12,14,16-18H2,1H3/t21-/m0/s1. The molecule has 1 atom stereocenters. The second-order valence-corrected chi connectivity index (χ2v) is 10.8. The highest BCUT2D eigenvalue weighted by Gasteiger charge is 2.25. The van der Waals surface area contributed by atoms with Gasteiger partial charge in [0, 0.05) is 52.8 Å². The van der Waals surface area contributed by atoms with Crippen molar-refractivity contribution in [3.8, 4) is 0 Å². The topological polar surface area (TPSA) is 45.6 Å². The maximum Gasteiger partial charge on any atom is 0.163 e. The third-order valence-corrected chi connectivity index (χ3v) is 8.31. The zero-order valence-electron chi connectivity index (χ0n) is 20.0. The molecule has 2 aromatic heterocycles. The van der Waals surface area contributed by atoms with Crippen LogP contribution in [0.5, 0.6) is 0 Å². The number of nitrogens with zero attached hydrogens (tertiary/aromatic N) is 3. The lowest BCUT2D eigenvalue weighted by molar-refractivity contribution is 0.0913. The van der Waals surface area contributed by atoms with Gasteiger partial charge in [0.2, 0.25) is 0 Å². The summed E-state index contributed by atoms with van der Waals surface area (Å²) in [5.41, 5.74) is 7.54. The number of carbonyl (C=O) groups excluding carboxylic acids is 1. The summed E-state index contributed by atoms with van der Waals surface area (Å²) in [7, 11) is 0. The van der Waals surface area contributed by atoms with E-state index in [2.05, 4.69) is 57.7 Å². The van der Waals surface area contributed by atoms with Crippen molar-refractivity contribution >= 4 is 32.9 Å². The Morgan fingerprint density at radius 2 is 2.06 bits per heavy atom. The molecular formula is C30H29N3OS. The monoisotopic (exact) mass is 479 g/mol. The van der Waals surface area contributed by atoms with Crippen LogP contribution in [0.4, 0.5) is 0 Å². The number of benzene rings is 2. The van der Waals surface area contributed by atoms with Crippen molar-refractivity contribution in [2.24, 2.45) is 10.9 Å². The van der Waals surface area contributed by atoms with Crippen LogP contribution >= 0.6 is 11.3 Å². The Morgan fingerprint density at radius 1 is 1.14 bits per heavy atom. The fourth-order valence-electron chi connectivity index (χ4n) is 5.53. The summed E-state index contributed by atoms with van der Waals surface area (Å²) in [6.07, 6.45) is 4.72. The molecule has 1 fully saturated rings. The van der Waals surface area contributed by atoms with Crippen LogP contribution in [0.15, 0.2) is 71.2 Å². The van der Waals surface area contributed by atoms with Crippen LogP contribution in [-0.2, 0) is 13.1 Å². The van der Waals surface area contributed by atoms with E-state index in [0.29, 0.717) is 18.9 Å². The van der Waals surface area contributed by atoms with E-state index >= 15 is 0 Å². The minimum atomic E-state index is 0.248. The quantitative estimate of drug-likeness (QED) is 0.299. The lowest BCUT2D eigenvalue weighted by Gasteiger charge is -2.32. The Bertz CT molecular complexity index is 1440. The smallest absolute Gasteiger partial charge is 0.163 e. The number of aliphatic imine (C=N–C) groups is 1. The second-order valence-electron chi connectivity index (χ2n) is 9.85. The zero-order chi connectivity index (χ0) is 23.8. The molecule has 5 heteroatoms. The molecule has 2 aliphatic heterocycles. The van der Waals surface area contributed by atoms with Crippen molar-refractivity contribution in [3.63, 3.8) is 0 Å². The molecule has 35 heavy (non-hydrogen) atoms. The first-order valence-corrected chi connectivity index (χ1v) is 13.3. The van der Waals surface area contributed by atoms with E-state index in [0.717, 1.165) is 60.6 Å². The number of ketones is 1. The molecule has 0 saturated carbocycles. The molecule has 176 valence electrons. The normalized spacial score (nSPS) is 18.0. The largest absolute Gasteiger partial charge is 0.299 e. The Kier molecular flexibility index (Phi) is 6.05. The van der Waals surface area contributed by atoms with Gasteiger partial charge in [0.05, 0.1) is 12.3 Å². The van der Waals surface area contributed by atoms with Crippen LogP contribution in [0, 0.1) is 12.8 Å². The van der Waals surface area contributed by atoms with Gasteiger partial charge in [-0.25, -0.2) is 0 Å². The molecular weight excluding hydrogens is 450 g/mol. The summed E-state index contributed by atoms with van der Waals surface area (Å²) in [6.45, 7) is 5.74. The average molecular weight is 480 g/mol. The van der Waals surface area contributed by atoms with Gasteiger partial charge in [0.15, 0.2) is 5.78 Å². The summed E-state index contributed by atoms with van der Waals surface area (Å²) in [5, 5.41) is 3.67. The van der Waals surface area contributed by atoms with Gasteiger partial charge in [0.25, 0.3) is 0 Å². The van der Waals surface area contributed by atoms with Crippen molar-refractivity contribution < 1.29 is 4.79 Å². The molecule has 0 aliphatic carbocycles. The number of thiophene rings is 1. The van der Waals surface area contributed by atoms with Crippen molar-refractivity contribution in [2.75, 3.05) is 13.1 Å². The maximum atomic E-state index is 13.3. The van der Waals surface area contributed by atoms with Crippen LogP contribution in [0.1, 0.15) is 57.6 Å². The first-order chi connectivity index (χ1) is 17.1. The zero-order valence-corrected chi connectivity index (χ0v) is 20.9. The van der Waals surface area contributed by atoms with E-state index in [1.807, 2.05) is 36.6 Å². The number of rotatable bonds is 6. The van der Waals surface area contributed by atoms with Crippen molar-refractivity contribution in [1.82, 2.24) is 9.88 Å². The number of aryl methyl sites for hydroxylation is 1. The van der Waals surface area contributed by atoms with Crippen LogP contribution < -0.4 is 0 Å². The number of Topliss-reactive ketones (excluding diaryl/α,β-unsaturated/α-hetero) is 1. The summed E-state index contributed by atoms with van der Waals surface area (Å²) >= 11 is 1.83. The highest BCUT2D eigenvalue weighted by atomic mass is 32.1. The molecule has 0 unspecified atom stereocenters. The van der Waals surface area contributed by atoms with E-state index < -0.39 is 0 Å². The fourth-order valence-corrected chi connectivity index (χ4v) is 6.49. The molecule has 0 N–H and O–H groups in total. The summed E-state index contributed by atoms with van der Waals surface area (Å²) in [4.78, 5) is 25.0. The van der Waals surface area contributed by atoms with Crippen LogP contribution in [0.3, 0.4) is 0 Å². The lowest BCUT2D eigenvalue weighted by atomic mass is 9.89. The molecule has 0 amide bonds. The lowest BCUT2D eigenvalue weighted by Crippen LogP contribution is -2.35. The van der Waals surface area contributed by atoms with E-state index in [4.69, 9.17) is 4.99 Å². The van der Waals surface area contributed by atoms with Gasteiger partial charge in [-0.1, -0.05) is 30.3 Å². The number of carbonyl (C=O) groups is 1. The van der Waals surface area contributed by atoms with Gasteiger partial charge in [-0.3, -0.25) is 19.7 Å². The fraction of sp³-hybridized carbons (Fsp3) is 0.300. The van der Waals surface area contributed by atoms with Crippen molar-refractivity contribution in [1.29, 1.82) is 0 Å². The first-order valence-electron chi connectivity index (χ1n) is 12.5. The number of likely N-dealkylation sites (tertiary alicyclic amines) is 1. The molecule has 2 aromatic carbocycles. The van der Waals surface area contributed by atoms with Crippen LogP contribution in [0.2, 0.25) is 0 Å². The van der Waals surface area contributed by atoms with Crippen LogP contribution in [-0.4, -0.2) is 34.5 Å². The highest BCUT2D eigenvalue weighted by molar-refractivity contribution is 7.17. The van der Waals surface area contributed by atoms with E-state index in [9.17, 15) is 4.79 Å². The molecule has 0 spiro atoms. The number of piperidine rings is 1. The first kappa shape index (κ1) is 22.3. The summed E-state index contributed by atoms with van der Waals surface area (Å²) in [5.74, 6) is 0.656. The van der Waals surface area contributed by atoms with Crippen molar-refractivity contribution in [2.45, 2.75) is 39.3 Å². The summed E-state index contributed by atoms with van der Waals surface area (Å²) < 4.78 is 1.35. The third kappa shape index (κ3) is 4.58. The van der Waals surface area contributed by atoms with Gasteiger partial charge >= 0.3 is 0 Å².